The highest BCUT2D eigenvalue weighted by molar-refractivity contribution is 5.73. The zero-order chi connectivity index (χ0) is 12.3. The maximum Gasteiger partial charge on any atom is 0.320 e. The van der Waals surface area contributed by atoms with Gasteiger partial charge in [-0.25, -0.2) is 0 Å². The zero-order valence-electron chi connectivity index (χ0n) is 9.19. The van der Waals surface area contributed by atoms with Gasteiger partial charge in [0, 0.05) is 0 Å². The van der Waals surface area contributed by atoms with Crippen LogP contribution in [0.2, 0.25) is 0 Å². The molecule has 5 N–H and O–H groups in total. The minimum atomic E-state index is -0.968. The van der Waals surface area contributed by atoms with E-state index in [-0.39, 0.29) is 12.6 Å². The zero-order valence-corrected chi connectivity index (χ0v) is 9.19. The fourth-order valence-electron chi connectivity index (χ4n) is 0.895. The molecule has 0 bridgehead atoms. The molecule has 0 aliphatic carbocycles. The van der Waals surface area contributed by atoms with Gasteiger partial charge in [0.25, 0.3) is 0 Å². The molecule has 1 fully saturated rings. The van der Waals surface area contributed by atoms with Crippen LogP contribution in [0.5, 0.6) is 0 Å². The monoisotopic (exact) mass is 220 g/mol. The number of hydrogen-bond donors (Lipinski definition) is 4. The molecular weight excluding hydrogens is 200 g/mol. The third-order valence-corrected chi connectivity index (χ3v) is 1.53. The van der Waals surface area contributed by atoms with Crippen LogP contribution in [0.3, 0.4) is 0 Å². The summed E-state index contributed by atoms with van der Waals surface area (Å²) in [7, 11) is 0. The van der Waals surface area contributed by atoms with Crippen LogP contribution >= 0.6 is 0 Å². The first kappa shape index (κ1) is 16.3. The van der Waals surface area contributed by atoms with E-state index in [1.165, 1.54) is 0 Å². The van der Waals surface area contributed by atoms with Gasteiger partial charge in [-0.3, -0.25) is 9.59 Å². The van der Waals surface area contributed by atoms with Crippen molar-refractivity contribution in [2.75, 3.05) is 13.1 Å². The van der Waals surface area contributed by atoms with Gasteiger partial charge in [-0.15, -0.1) is 0 Å². The summed E-state index contributed by atoms with van der Waals surface area (Å²) in [4.78, 5) is 19.4. The molecule has 1 aliphatic rings. The summed E-state index contributed by atoms with van der Waals surface area (Å²) < 4.78 is 0. The van der Waals surface area contributed by atoms with Crippen LogP contribution in [-0.2, 0) is 9.59 Å². The minimum absolute atomic E-state index is 0.269. The Morgan fingerprint density at radius 3 is 2.00 bits per heavy atom. The Balaban J connectivity index is 0. The average Bonchev–Trinajstić information content (AvgIpc) is 2.75. The van der Waals surface area contributed by atoms with E-state index in [0.717, 1.165) is 19.4 Å². The molecule has 0 aromatic rings. The van der Waals surface area contributed by atoms with Crippen molar-refractivity contribution in [2.24, 2.45) is 5.73 Å². The summed E-state index contributed by atoms with van der Waals surface area (Å²) in [6, 6.07) is -0.269. The second-order valence-electron chi connectivity index (χ2n) is 2.59. The molecule has 0 spiro atoms. The van der Waals surface area contributed by atoms with E-state index in [0.29, 0.717) is 0 Å². The van der Waals surface area contributed by atoms with Crippen molar-refractivity contribution < 1.29 is 19.8 Å². The maximum absolute atomic E-state index is 10.1. The van der Waals surface area contributed by atoms with Crippen molar-refractivity contribution in [1.82, 2.24) is 5.32 Å². The summed E-state index contributed by atoms with van der Waals surface area (Å²) in [5, 5.41) is 18.8. The molecule has 1 saturated heterocycles. The highest BCUT2D eigenvalue weighted by atomic mass is 16.4. The summed E-state index contributed by atoms with van der Waals surface area (Å²) in [6.45, 7) is 4.58. The first-order valence-electron chi connectivity index (χ1n) is 4.96. The molecule has 1 atom stereocenters. The Morgan fingerprint density at radius 1 is 1.40 bits per heavy atom. The topological polar surface area (TPSA) is 113 Å². The molecule has 0 aromatic carbocycles. The summed E-state index contributed by atoms with van der Waals surface area (Å²) in [6.07, 6.45) is 1.78. The predicted octanol–water partition coefficient (Wildman–Crippen LogP) is -0.121. The lowest BCUT2D eigenvalue weighted by atomic mass is 10.2. The molecule has 1 aliphatic heterocycles. The SMILES string of the molecule is CC.NCC(=O)O.O=C(O)C1CCCN1. The second kappa shape index (κ2) is 10.9. The Bertz CT molecular complexity index is 179. The minimum Gasteiger partial charge on any atom is -0.480 e. The molecule has 0 saturated carbocycles. The molecule has 6 heteroatoms. The number of hydrogen-bond acceptors (Lipinski definition) is 4. The smallest absolute Gasteiger partial charge is 0.320 e. The quantitative estimate of drug-likeness (QED) is 0.516. The van der Waals surface area contributed by atoms with Crippen molar-refractivity contribution in [3.63, 3.8) is 0 Å². The van der Waals surface area contributed by atoms with Gasteiger partial charge >= 0.3 is 11.9 Å². The van der Waals surface area contributed by atoms with Crippen LogP contribution in [-0.4, -0.2) is 41.3 Å². The van der Waals surface area contributed by atoms with Crippen LogP contribution in [0, 0.1) is 0 Å². The lowest BCUT2D eigenvalue weighted by molar-refractivity contribution is -0.139. The van der Waals surface area contributed by atoms with Crippen LogP contribution in [0.4, 0.5) is 0 Å². The standard InChI is InChI=1S/C5H9NO2.C2H5NO2.C2H6/c7-5(8)4-2-1-3-6-4;3-1-2(4)5;1-2/h4,6H,1-3H2,(H,7,8);1,3H2,(H,4,5);1-2H3. The van der Waals surface area contributed by atoms with Crippen molar-refractivity contribution >= 4 is 11.9 Å². The van der Waals surface area contributed by atoms with Gasteiger partial charge < -0.3 is 21.3 Å². The Kier molecular flexibility index (Phi) is 11.9. The molecule has 0 radical (unpaired) electrons. The summed E-state index contributed by atoms with van der Waals surface area (Å²) >= 11 is 0. The van der Waals surface area contributed by atoms with Gasteiger partial charge in [-0.1, -0.05) is 13.8 Å². The van der Waals surface area contributed by atoms with E-state index in [1.54, 1.807) is 0 Å². The van der Waals surface area contributed by atoms with E-state index in [4.69, 9.17) is 10.2 Å². The summed E-state index contributed by atoms with van der Waals surface area (Å²) in [5.41, 5.74) is 4.57. The molecule has 1 unspecified atom stereocenters. The second-order valence-corrected chi connectivity index (χ2v) is 2.59. The number of rotatable bonds is 2. The van der Waals surface area contributed by atoms with Gasteiger partial charge in [0.2, 0.25) is 0 Å². The molecular formula is C9H20N2O4. The van der Waals surface area contributed by atoms with Crippen molar-refractivity contribution in [1.29, 1.82) is 0 Å². The molecule has 6 nitrogen and oxygen atoms in total. The first-order chi connectivity index (χ1) is 7.07. The van der Waals surface area contributed by atoms with Crippen LogP contribution in [0.25, 0.3) is 0 Å². The Labute approximate surface area is 89.5 Å². The molecule has 0 aromatic heterocycles. The van der Waals surface area contributed by atoms with Gasteiger partial charge in [0.15, 0.2) is 0 Å². The third kappa shape index (κ3) is 10.8. The van der Waals surface area contributed by atoms with Gasteiger partial charge in [0.05, 0.1) is 6.54 Å². The first-order valence-corrected chi connectivity index (χ1v) is 4.96. The Hall–Kier alpha value is -1.14. The summed E-state index contributed by atoms with van der Waals surface area (Å²) in [5.74, 6) is -1.69. The van der Waals surface area contributed by atoms with Gasteiger partial charge in [0.1, 0.15) is 6.04 Å². The number of aliphatic carboxylic acids is 2. The average molecular weight is 220 g/mol. The van der Waals surface area contributed by atoms with E-state index < -0.39 is 11.9 Å². The van der Waals surface area contributed by atoms with E-state index >= 15 is 0 Å². The maximum atomic E-state index is 10.1. The molecule has 1 heterocycles. The van der Waals surface area contributed by atoms with Crippen molar-refractivity contribution in [2.45, 2.75) is 32.7 Å². The number of carboxylic acids is 2. The molecule has 15 heavy (non-hydrogen) atoms. The highest BCUT2D eigenvalue weighted by Gasteiger charge is 2.20. The van der Waals surface area contributed by atoms with E-state index in [9.17, 15) is 9.59 Å². The number of carbonyl (C=O) groups is 2. The van der Waals surface area contributed by atoms with Crippen LogP contribution < -0.4 is 11.1 Å². The Morgan fingerprint density at radius 2 is 1.87 bits per heavy atom. The lowest BCUT2D eigenvalue weighted by Gasteiger charge is -1.99. The fraction of sp³-hybridized carbons (Fsp3) is 0.778. The van der Waals surface area contributed by atoms with Crippen LogP contribution in [0.1, 0.15) is 26.7 Å². The largest absolute Gasteiger partial charge is 0.480 e. The van der Waals surface area contributed by atoms with Crippen LogP contribution in [0.15, 0.2) is 0 Å². The molecule has 0 amide bonds. The highest BCUT2D eigenvalue weighted by Crippen LogP contribution is 2.03. The molecule has 90 valence electrons. The normalized spacial score (nSPS) is 17.9. The number of carboxylic acid groups (broad SMARTS) is 2. The van der Waals surface area contributed by atoms with Gasteiger partial charge in [-0.2, -0.15) is 0 Å². The number of nitrogens with one attached hydrogen (secondary N) is 1. The van der Waals surface area contributed by atoms with Gasteiger partial charge in [-0.05, 0) is 19.4 Å². The third-order valence-electron chi connectivity index (χ3n) is 1.53. The van der Waals surface area contributed by atoms with Crippen molar-refractivity contribution in [3.8, 4) is 0 Å². The number of nitrogens with two attached hydrogens (primary N) is 1. The van der Waals surface area contributed by atoms with Crippen molar-refractivity contribution in [3.05, 3.63) is 0 Å². The lowest BCUT2D eigenvalue weighted by Crippen LogP contribution is -2.29. The van der Waals surface area contributed by atoms with E-state index in [1.807, 2.05) is 13.8 Å². The fourth-order valence-corrected chi connectivity index (χ4v) is 0.895. The molecule has 1 rings (SSSR count). The predicted molar refractivity (Wildman–Crippen MR) is 56.7 cm³/mol. The van der Waals surface area contributed by atoms with E-state index in [2.05, 4.69) is 11.1 Å².